The van der Waals surface area contributed by atoms with E-state index < -0.39 is 18.2 Å². The molecule has 7 heteroatoms. The van der Waals surface area contributed by atoms with Crippen LogP contribution in [0.1, 0.15) is 13.3 Å². The summed E-state index contributed by atoms with van der Waals surface area (Å²) in [6, 6.07) is -0.213. The maximum Gasteiger partial charge on any atom is 0.319 e. The number of likely N-dealkylation sites (N-methyl/N-ethyl adjacent to an activating group) is 1. The number of ether oxygens (including phenoxy) is 1. The highest BCUT2D eigenvalue weighted by molar-refractivity contribution is 5.74. The maximum absolute atomic E-state index is 12.0. The minimum atomic E-state index is -0.938. The quantitative estimate of drug-likeness (QED) is 0.717. The number of urea groups is 1. The molecule has 2 amide bonds. The smallest absolute Gasteiger partial charge is 0.319 e. The molecular formula is C11H20N2O5. The molecule has 1 saturated heterocycles. The first-order valence-electron chi connectivity index (χ1n) is 5.91. The average molecular weight is 260 g/mol. The van der Waals surface area contributed by atoms with Crippen LogP contribution in [0.25, 0.3) is 0 Å². The molecule has 0 saturated carbocycles. The van der Waals surface area contributed by atoms with Gasteiger partial charge in [0, 0.05) is 26.7 Å². The zero-order valence-electron chi connectivity index (χ0n) is 10.7. The standard InChI is InChI=1S/C11H20N2O5/c1-8(14)6-12(2)11(17)13-3-4-18-9(7-13)5-10(15)16/h8-9,14H,3-7H2,1-2H3,(H,15,16). The summed E-state index contributed by atoms with van der Waals surface area (Å²) < 4.78 is 5.29. The molecule has 104 valence electrons. The van der Waals surface area contributed by atoms with Crippen molar-refractivity contribution in [3.63, 3.8) is 0 Å². The fourth-order valence-corrected chi connectivity index (χ4v) is 1.93. The first-order chi connectivity index (χ1) is 8.40. The van der Waals surface area contributed by atoms with Gasteiger partial charge in [-0.05, 0) is 6.92 Å². The summed E-state index contributed by atoms with van der Waals surface area (Å²) in [6.45, 7) is 2.91. The number of rotatable bonds is 4. The lowest BCUT2D eigenvalue weighted by Gasteiger charge is -2.35. The summed E-state index contributed by atoms with van der Waals surface area (Å²) in [4.78, 5) is 25.6. The first kappa shape index (κ1) is 14.7. The summed E-state index contributed by atoms with van der Waals surface area (Å²) in [5.74, 6) is -0.938. The van der Waals surface area contributed by atoms with Crippen LogP contribution in [0.5, 0.6) is 0 Å². The van der Waals surface area contributed by atoms with E-state index in [0.29, 0.717) is 13.2 Å². The zero-order chi connectivity index (χ0) is 13.7. The fourth-order valence-electron chi connectivity index (χ4n) is 1.93. The number of aliphatic carboxylic acids is 1. The lowest BCUT2D eigenvalue weighted by atomic mass is 10.2. The van der Waals surface area contributed by atoms with Crippen LogP contribution in [0, 0.1) is 0 Å². The first-order valence-corrected chi connectivity index (χ1v) is 5.91. The van der Waals surface area contributed by atoms with Crippen molar-refractivity contribution in [1.82, 2.24) is 9.80 Å². The zero-order valence-corrected chi connectivity index (χ0v) is 10.7. The molecule has 0 aromatic heterocycles. The van der Waals surface area contributed by atoms with Gasteiger partial charge in [-0.1, -0.05) is 0 Å². The van der Waals surface area contributed by atoms with Crippen LogP contribution in [0.4, 0.5) is 4.79 Å². The molecule has 0 aromatic carbocycles. The number of carboxylic acid groups (broad SMARTS) is 1. The van der Waals surface area contributed by atoms with E-state index in [-0.39, 0.29) is 25.5 Å². The predicted octanol–water partition coefficient (Wildman–Crippen LogP) is -0.405. The summed E-state index contributed by atoms with van der Waals surface area (Å²) in [6.07, 6.45) is -1.15. The number of aliphatic hydroxyl groups excluding tert-OH is 1. The van der Waals surface area contributed by atoms with Crippen molar-refractivity contribution in [3.05, 3.63) is 0 Å². The van der Waals surface area contributed by atoms with E-state index in [1.807, 2.05) is 0 Å². The molecule has 7 nitrogen and oxygen atoms in total. The highest BCUT2D eigenvalue weighted by atomic mass is 16.5. The average Bonchev–Trinajstić information content (AvgIpc) is 2.26. The highest BCUT2D eigenvalue weighted by Gasteiger charge is 2.27. The molecule has 0 bridgehead atoms. The number of nitrogens with zero attached hydrogens (tertiary/aromatic N) is 2. The Bertz CT molecular complexity index is 308. The van der Waals surface area contributed by atoms with Crippen molar-refractivity contribution in [1.29, 1.82) is 0 Å². The van der Waals surface area contributed by atoms with Gasteiger partial charge in [-0.25, -0.2) is 4.79 Å². The number of hydrogen-bond acceptors (Lipinski definition) is 4. The highest BCUT2D eigenvalue weighted by Crippen LogP contribution is 2.10. The monoisotopic (exact) mass is 260 g/mol. The number of aliphatic hydroxyl groups is 1. The van der Waals surface area contributed by atoms with Gasteiger partial charge in [0.15, 0.2) is 0 Å². The van der Waals surface area contributed by atoms with Crippen molar-refractivity contribution in [3.8, 4) is 0 Å². The van der Waals surface area contributed by atoms with Gasteiger partial charge in [0.05, 0.1) is 25.2 Å². The number of carbonyl (C=O) groups excluding carboxylic acids is 1. The van der Waals surface area contributed by atoms with Gasteiger partial charge < -0.3 is 24.7 Å². The predicted molar refractivity (Wildman–Crippen MR) is 63.3 cm³/mol. The van der Waals surface area contributed by atoms with Crippen molar-refractivity contribution >= 4 is 12.0 Å². The summed E-state index contributed by atoms with van der Waals surface area (Å²) >= 11 is 0. The van der Waals surface area contributed by atoms with Crippen molar-refractivity contribution in [2.24, 2.45) is 0 Å². The lowest BCUT2D eigenvalue weighted by Crippen LogP contribution is -2.51. The lowest BCUT2D eigenvalue weighted by molar-refractivity contribution is -0.141. The van der Waals surface area contributed by atoms with Gasteiger partial charge in [0.1, 0.15) is 0 Å². The topological polar surface area (TPSA) is 90.3 Å². The van der Waals surface area contributed by atoms with Crippen molar-refractivity contribution < 1.29 is 24.5 Å². The van der Waals surface area contributed by atoms with E-state index >= 15 is 0 Å². The van der Waals surface area contributed by atoms with Crippen LogP contribution >= 0.6 is 0 Å². The van der Waals surface area contributed by atoms with E-state index in [9.17, 15) is 14.7 Å². The van der Waals surface area contributed by atoms with Gasteiger partial charge in [0.2, 0.25) is 0 Å². The van der Waals surface area contributed by atoms with Gasteiger partial charge in [-0.3, -0.25) is 4.79 Å². The number of hydrogen-bond donors (Lipinski definition) is 2. The molecule has 1 aliphatic heterocycles. The third-order valence-electron chi connectivity index (χ3n) is 2.68. The van der Waals surface area contributed by atoms with Crippen LogP contribution in [-0.4, -0.2) is 77.5 Å². The number of carbonyl (C=O) groups is 2. The Hall–Kier alpha value is -1.34. The minimum Gasteiger partial charge on any atom is -0.481 e. The largest absolute Gasteiger partial charge is 0.481 e. The number of morpholine rings is 1. The molecule has 0 aromatic rings. The van der Waals surface area contributed by atoms with E-state index in [1.165, 1.54) is 4.90 Å². The van der Waals surface area contributed by atoms with Gasteiger partial charge in [-0.15, -0.1) is 0 Å². The third kappa shape index (κ3) is 4.50. The SMILES string of the molecule is CC(O)CN(C)C(=O)N1CCOC(CC(=O)O)C1. The molecule has 18 heavy (non-hydrogen) atoms. The molecule has 1 fully saturated rings. The maximum atomic E-state index is 12.0. The van der Waals surface area contributed by atoms with Crippen LogP contribution in [-0.2, 0) is 9.53 Å². The molecule has 2 unspecified atom stereocenters. The van der Waals surface area contributed by atoms with Gasteiger partial charge in [-0.2, -0.15) is 0 Å². The van der Waals surface area contributed by atoms with Gasteiger partial charge >= 0.3 is 12.0 Å². The van der Waals surface area contributed by atoms with E-state index in [1.54, 1.807) is 18.9 Å². The number of carboxylic acids is 1. The summed E-state index contributed by atoms with van der Waals surface area (Å²) in [7, 11) is 1.61. The summed E-state index contributed by atoms with van der Waals surface area (Å²) in [5, 5.41) is 17.9. The minimum absolute atomic E-state index is 0.107. The van der Waals surface area contributed by atoms with Crippen LogP contribution < -0.4 is 0 Å². The fraction of sp³-hybridized carbons (Fsp3) is 0.818. The second-order valence-electron chi connectivity index (χ2n) is 4.55. The van der Waals surface area contributed by atoms with Crippen LogP contribution in [0.3, 0.4) is 0 Å². The molecule has 1 heterocycles. The Morgan fingerprint density at radius 3 is 2.78 bits per heavy atom. The van der Waals surface area contributed by atoms with Crippen molar-refractivity contribution in [2.75, 3.05) is 33.3 Å². The molecule has 2 atom stereocenters. The Balaban J connectivity index is 2.49. The van der Waals surface area contributed by atoms with Crippen LogP contribution in [0.2, 0.25) is 0 Å². The Morgan fingerprint density at radius 1 is 1.56 bits per heavy atom. The Kier molecular flexibility index (Phi) is 5.36. The number of amides is 2. The molecule has 0 radical (unpaired) electrons. The molecule has 1 aliphatic rings. The second-order valence-corrected chi connectivity index (χ2v) is 4.55. The molecular weight excluding hydrogens is 240 g/mol. The Morgan fingerprint density at radius 2 is 2.22 bits per heavy atom. The molecule has 1 rings (SSSR count). The summed E-state index contributed by atoms with van der Waals surface area (Å²) in [5.41, 5.74) is 0. The molecule has 0 aliphatic carbocycles. The van der Waals surface area contributed by atoms with Crippen LogP contribution in [0.15, 0.2) is 0 Å². The normalized spacial score (nSPS) is 21.5. The molecule has 2 N–H and O–H groups in total. The molecule has 0 spiro atoms. The second kappa shape index (κ2) is 6.55. The van der Waals surface area contributed by atoms with E-state index in [4.69, 9.17) is 9.84 Å². The van der Waals surface area contributed by atoms with E-state index in [0.717, 1.165) is 0 Å². The Labute approximate surface area is 106 Å². The third-order valence-corrected chi connectivity index (χ3v) is 2.68. The van der Waals surface area contributed by atoms with Gasteiger partial charge in [0.25, 0.3) is 0 Å². The van der Waals surface area contributed by atoms with Crippen molar-refractivity contribution in [2.45, 2.75) is 25.6 Å². The van der Waals surface area contributed by atoms with E-state index in [2.05, 4.69) is 0 Å².